The van der Waals surface area contributed by atoms with Crippen molar-refractivity contribution in [1.82, 2.24) is 4.98 Å². The van der Waals surface area contributed by atoms with Gasteiger partial charge in [0, 0.05) is 42.5 Å². The van der Waals surface area contributed by atoms with Gasteiger partial charge in [-0.15, -0.1) is 11.3 Å². The van der Waals surface area contributed by atoms with Gasteiger partial charge in [0.25, 0.3) is 0 Å². The Hall–Kier alpha value is -2.97. The first kappa shape index (κ1) is 13.3. The monoisotopic (exact) mass is 335 g/mol. The van der Waals surface area contributed by atoms with E-state index in [1.165, 1.54) is 47.1 Å². The zero-order valence-corrected chi connectivity index (χ0v) is 14.2. The van der Waals surface area contributed by atoms with Gasteiger partial charge < -0.3 is 0 Å². The fourth-order valence-corrected chi connectivity index (χ4v) is 5.08. The molecule has 0 amide bonds. The molecule has 0 spiro atoms. The lowest BCUT2D eigenvalue weighted by Gasteiger charge is -2.07. The predicted octanol–water partition coefficient (Wildman–Crippen LogP) is 6.91. The third-order valence-corrected chi connectivity index (χ3v) is 6.23. The second-order valence-corrected chi connectivity index (χ2v) is 7.52. The lowest BCUT2D eigenvalue weighted by molar-refractivity contribution is 1.46. The Balaban J connectivity index is 1.87. The number of fused-ring (bicyclic) bond motifs is 9. The number of pyridine rings is 1. The summed E-state index contributed by atoms with van der Waals surface area (Å²) in [6, 6.07) is 26.1. The van der Waals surface area contributed by atoms with E-state index in [0.717, 1.165) is 5.52 Å². The van der Waals surface area contributed by atoms with E-state index in [-0.39, 0.29) is 0 Å². The molecule has 0 bridgehead atoms. The molecule has 6 aromatic rings. The van der Waals surface area contributed by atoms with Crippen molar-refractivity contribution in [3.63, 3.8) is 0 Å². The van der Waals surface area contributed by atoms with Gasteiger partial charge in [0.05, 0.1) is 5.52 Å². The zero-order chi connectivity index (χ0) is 16.4. The smallest absolute Gasteiger partial charge is 0.0787 e. The topological polar surface area (TPSA) is 12.9 Å². The van der Waals surface area contributed by atoms with Crippen LogP contribution in [0.4, 0.5) is 0 Å². The van der Waals surface area contributed by atoms with Gasteiger partial charge >= 0.3 is 0 Å². The van der Waals surface area contributed by atoms with E-state index in [9.17, 15) is 0 Å². The van der Waals surface area contributed by atoms with Gasteiger partial charge in [-0.25, -0.2) is 0 Å². The highest BCUT2D eigenvalue weighted by atomic mass is 32.1. The highest BCUT2D eigenvalue weighted by molar-refractivity contribution is 7.26. The van der Waals surface area contributed by atoms with Crippen molar-refractivity contribution in [1.29, 1.82) is 0 Å². The Bertz CT molecular complexity index is 1440. The molecule has 0 fully saturated rings. The first-order valence-electron chi connectivity index (χ1n) is 8.40. The molecular weight excluding hydrogens is 322 g/mol. The zero-order valence-electron chi connectivity index (χ0n) is 13.4. The van der Waals surface area contributed by atoms with Gasteiger partial charge in [-0.3, -0.25) is 4.98 Å². The number of benzene rings is 4. The van der Waals surface area contributed by atoms with Crippen LogP contribution in [0.3, 0.4) is 0 Å². The van der Waals surface area contributed by atoms with E-state index in [0.29, 0.717) is 0 Å². The van der Waals surface area contributed by atoms with Crippen LogP contribution >= 0.6 is 11.3 Å². The molecule has 0 aliphatic rings. The maximum absolute atomic E-state index is 4.81. The van der Waals surface area contributed by atoms with Gasteiger partial charge in [0.2, 0.25) is 0 Å². The SMILES string of the molecule is c1ccc2c(c1)cnc1c2ccc2c1ccc1sc3ccccc3c12. The van der Waals surface area contributed by atoms with Crippen LogP contribution in [0.1, 0.15) is 0 Å². The van der Waals surface area contributed by atoms with E-state index in [1.807, 2.05) is 17.5 Å². The molecule has 0 radical (unpaired) electrons. The minimum atomic E-state index is 1.09. The maximum atomic E-state index is 4.81. The minimum absolute atomic E-state index is 1.09. The molecule has 2 aromatic heterocycles. The van der Waals surface area contributed by atoms with Crippen molar-refractivity contribution >= 4 is 64.0 Å². The van der Waals surface area contributed by atoms with Crippen LogP contribution in [0.15, 0.2) is 79.0 Å². The molecule has 0 saturated carbocycles. The molecule has 6 rings (SSSR count). The molecule has 1 nitrogen and oxygen atoms in total. The van der Waals surface area contributed by atoms with E-state index in [2.05, 4.69) is 72.8 Å². The number of hydrogen-bond donors (Lipinski definition) is 0. The van der Waals surface area contributed by atoms with E-state index >= 15 is 0 Å². The normalized spacial score (nSPS) is 12.0. The average Bonchev–Trinajstić information content (AvgIpc) is 3.06. The predicted molar refractivity (Wildman–Crippen MR) is 110 cm³/mol. The quantitative estimate of drug-likeness (QED) is 0.275. The van der Waals surface area contributed by atoms with E-state index in [1.54, 1.807) is 0 Å². The third-order valence-electron chi connectivity index (χ3n) is 5.09. The largest absolute Gasteiger partial charge is 0.255 e. The Morgan fingerprint density at radius 3 is 2.24 bits per heavy atom. The number of hydrogen-bond acceptors (Lipinski definition) is 2. The van der Waals surface area contributed by atoms with Crippen LogP contribution in [0, 0.1) is 0 Å². The fraction of sp³-hybridized carbons (Fsp3) is 0. The van der Waals surface area contributed by atoms with Crippen molar-refractivity contribution < 1.29 is 0 Å². The molecule has 25 heavy (non-hydrogen) atoms. The summed E-state index contributed by atoms with van der Waals surface area (Å²) in [5.41, 5.74) is 1.09. The van der Waals surface area contributed by atoms with E-state index in [4.69, 9.17) is 4.98 Å². The highest BCUT2D eigenvalue weighted by Crippen LogP contribution is 2.40. The number of thiophene rings is 1. The lowest BCUT2D eigenvalue weighted by Crippen LogP contribution is -1.84. The third kappa shape index (κ3) is 1.75. The lowest BCUT2D eigenvalue weighted by atomic mass is 9.99. The van der Waals surface area contributed by atoms with Crippen LogP contribution in [0.25, 0.3) is 52.6 Å². The molecule has 116 valence electrons. The first-order valence-corrected chi connectivity index (χ1v) is 9.22. The second-order valence-electron chi connectivity index (χ2n) is 6.44. The molecular formula is C23H13NS. The average molecular weight is 335 g/mol. The van der Waals surface area contributed by atoms with Crippen molar-refractivity contribution in [2.24, 2.45) is 0 Å². The van der Waals surface area contributed by atoms with Gasteiger partial charge in [-0.05, 0) is 22.9 Å². The van der Waals surface area contributed by atoms with Gasteiger partial charge in [-0.1, -0.05) is 60.7 Å². The summed E-state index contributed by atoms with van der Waals surface area (Å²) in [7, 11) is 0. The van der Waals surface area contributed by atoms with Crippen LogP contribution < -0.4 is 0 Å². The summed E-state index contributed by atoms with van der Waals surface area (Å²) >= 11 is 1.86. The molecule has 2 heterocycles. The molecule has 0 N–H and O–H groups in total. The van der Waals surface area contributed by atoms with Crippen molar-refractivity contribution in [2.45, 2.75) is 0 Å². The molecule has 0 atom stereocenters. The summed E-state index contributed by atoms with van der Waals surface area (Å²) < 4.78 is 2.69. The standard InChI is InChI=1S/C23H13NS/c1-2-6-15-14(5-1)13-24-23-17(15)10-9-16-18(23)11-12-21-22(16)19-7-3-4-8-20(19)25-21/h1-13H. The second kappa shape index (κ2) is 4.78. The van der Waals surface area contributed by atoms with Crippen LogP contribution in [-0.2, 0) is 0 Å². The number of nitrogens with zero attached hydrogens (tertiary/aromatic N) is 1. The van der Waals surface area contributed by atoms with Gasteiger partial charge in [-0.2, -0.15) is 0 Å². The summed E-state index contributed by atoms with van der Waals surface area (Å²) in [5.74, 6) is 0. The van der Waals surface area contributed by atoms with Gasteiger partial charge in [0.15, 0.2) is 0 Å². The van der Waals surface area contributed by atoms with Gasteiger partial charge in [0.1, 0.15) is 0 Å². The van der Waals surface area contributed by atoms with Crippen molar-refractivity contribution in [3.8, 4) is 0 Å². The molecule has 0 aliphatic heterocycles. The fourth-order valence-electron chi connectivity index (χ4n) is 3.96. The molecule has 0 aliphatic carbocycles. The Labute approximate surface area is 148 Å². The van der Waals surface area contributed by atoms with Crippen LogP contribution in [0.2, 0.25) is 0 Å². The Kier molecular flexibility index (Phi) is 2.55. The summed E-state index contributed by atoms with van der Waals surface area (Å²) in [6.45, 7) is 0. The number of aromatic nitrogens is 1. The van der Waals surface area contributed by atoms with Crippen LogP contribution in [-0.4, -0.2) is 4.98 Å². The van der Waals surface area contributed by atoms with Crippen molar-refractivity contribution in [3.05, 3.63) is 79.0 Å². The summed E-state index contributed by atoms with van der Waals surface area (Å²) in [6.07, 6.45) is 1.99. The highest BCUT2D eigenvalue weighted by Gasteiger charge is 2.11. The molecule has 2 heteroatoms. The molecule has 0 saturated heterocycles. The summed E-state index contributed by atoms with van der Waals surface area (Å²) in [5, 5.41) is 8.92. The first-order chi connectivity index (χ1) is 12.4. The Morgan fingerprint density at radius 2 is 1.28 bits per heavy atom. The maximum Gasteiger partial charge on any atom is 0.0787 e. The minimum Gasteiger partial charge on any atom is -0.255 e. The van der Waals surface area contributed by atoms with Crippen molar-refractivity contribution in [2.75, 3.05) is 0 Å². The van der Waals surface area contributed by atoms with E-state index < -0.39 is 0 Å². The summed E-state index contributed by atoms with van der Waals surface area (Å²) in [4.78, 5) is 4.81. The Morgan fingerprint density at radius 1 is 0.560 bits per heavy atom. The number of rotatable bonds is 0. The molecule has 0 unspecified atom stereocenters. The van der Waals surface area contributed by atoms with Crippen LogP contribution in [0.5, 0.6) is 0 Å². The molecule has 4 aromatic carbocycles.